The zero-order valence-corrected chi connectivity index (χ0v) is 18.5. The van der Waals surface area contributed by atoms with Crippen molar-refractivity contribution < 1.29 is 22.7 Å². The van der Waals surface area contributed by atoms with Crippen molar-refractivity contribution in [3.63, 3.8) is 0 Å². The van der Waals surface area contributed by atoms with Crippen LogP contribution in [-0.4, -0.2) is 29.1 Å². The third-order valence-corrected chi connectivity index (χ3v) is 6.14. The van der Waals surface area contributed by atoms with Crippen LogP contribution in [0.3, 0.4) is 0 Å². The molecule has 4 nitrogen and oxygen atoms in total. The number of rotatable bonds is 6. The van der Waals surface area contributed by atoms with Gasteiger partial charge in [0.1, 0.15) is 0 Å². The fourth-order valence-electron chi connectivity index (χ4n) is 4.24. The van der Waals surface area contributed by atoms with Crippen LogP contribution in [0.4, 0.5) is 13.2 Å². The van der Waals surface area contributed by atoms with E-state index in [0.29, 0.717) is 18.0 Å². The van der Waals surface area contributed by atoms with E-state index in [-0.39, 0.29) is 29.2 Å². The lowest BCUT2D eigenvalue weighted by molar-refractivity contribution is -0.141. The highest BCUT2D eigenvalue weighted by Gasteiger charge is 2.35. The van der Waals surface area contributed by atoms with Gasteiger partial charge in [0.15, 0.2) is 5.69 Å². The average molecular weight is 457 g/mol. The fourth-order valence-corrected chi connectivity index (χ4v) is 4.45. The van der Waals surface area contributed by atoms with E-state index >= 15 is 0 Å². The molecule has 170 valence electrons. The minimum Gasteiger partial charge on any atom is -0.371 e. The second-order valence-electron chi connectivity index (χ2n) is 8.37. The van der Waals surface area contributed by atoms with Gasteiger partial charge in [-0.1, -0.05) is 29.8 Å². The number of amides is 1. The molecule has 2 aliphatic carbocycles. The zero-order valence-electron chi connectivity index (χ0n) is 17.7. The van der Waals surface area contributed by atoms with Gasteiger partial charge in [0.25, 0.3) is 0 Å². The summed E-state index contributed by atoms with van der Waals surface area (Å²) in [5, 5.41) is 2.51. The molecular weight excluding hydrogens is 429 g/mol. The minimum atomic E-state index is -4.54. The molecule has 3 rings (SSSR count). The minimum absolute atomic E-state index is 0.0158. The Hall–Kier alpha value is -1.86. The van der Waals surface area contributed by atoms with E-state index in [1.807, 2.05) is 19.1 Å². The van der Waals surface area contributed by atoms with Gasteiger partial charge in [0.2, 0.25) is 5.91 Å². The molecule has 0 aliphatic heterocycles. The van der Waals surface area contributed by atoms with E-state index in [4.69, 9.17) is 16.3 Å². The van der Waals surface area contributed by atoms with Crippen LogP contribution in [-0.2, 0) is 22.1 Å². The van der Waals surface area contributed by atoms with Gasteiger partial charge in [-0.2, -0.15) is 13.2 Å². The lowest BCUT2D eigenvalue weighted by Gasteiger charge is -2.31. The van der Waals surface area contributed by atoms with Crippen LogP contribution in [0.5, 0.6) is 0 Å². The summed E-state index contributed by atoms with van der Waals surface area (Å²) in [5.41, 5.74) is 0.503. The summed E-state index contributed by atoms with van der Waals surface area (Å²) in [6.07, 6.45) is 6.61. The molecule has 0 bridgehead atoms. The Balaban J connectivity index is 1.45. The highest BCUT2D eigenvalue weighted by atomic mass is 35.5. The number of nitrogens with zero attached hydrogens (tertiary/aromatic N) is 1. The Bertz CT molecular complexity index is 846. The van der Waals surface area contributed by atoms with Gasteiger partial charge in [0.05, 0.1) is 23.3 Å². The number of carbonyl (C=O) groups is 1. The molecule has 0 spiro atoms. The smallest absolute Gasteiger partial charge is 0.371 e. The topological polar surface area (TPSA) is 51.2 Å². The Morgan fingerprint density at radius 3 is 2.58 bits per heavy atom. The maximum atomic E-state index is 13.0. The van der Waals surface area contributed by atoms with Gasteiger partial charge in [0, 0.05) is 12.6 Å². The number of carbonyl (C=O) groups excluding carboxylic acids is 1. The first kappa shape index (κ1) is 23.8. The van der Waals surface area contributed by atoms with Crippen LogP contribution in [0.25, 0.3) is 0 Å². The van der Waals surface area contributed by atoms with Crippen LogP contribution < -0.4 is 5.32 Å². The summed E-state index contributed by atoms with van der Waals surface area (Å²) in [6, 6.07) is 2.84. The number of nitrogens with one attached hydrogen (secondary N) is 1. The molecule has 1 heterocycles. The highest BCUT2D eigenvalue weighted by molar-refractivity contribution is 6.31. The van der Waals surface area contributed by atoms with Gasteiger partial charge in [-0.15, -0.1) is 0 Å². The molecule has 2 unspecified atom stereocenters. The number of hydrogen-bond donors (Lipinski definition) is 1. The predicted octanol–water partition coefficient (Wildman–Crippen LogP) is 5.65. The lowest BCUT2D eigenvalue weighted by Crippen LogP contribution is -2.33. The van der Waals surface area contributed by atoms with Crippen molar-refractivity contribution in [1.29, 1.82) is 0 Å². The van der Waals surface area contributed by atoms with Gasteiger partial charge < -0.3 is 10.1 Å². The molecule has 1 fully saturated rings. The second-order valence-corrected chi connectivity index (χ2v) is 8.78. The van der Waals surface area contributed by atoms with Crippen molar-refractivity contribution in [2.75, 3.05) is 0 Å². The number of ether oxygens (including phenoxy) is 1. The standard InChI is InChI=1S/C23H28ClF3N2O2/c1-14(28-15(2)30)17-5-10-20(11-6-17)31-19-8-3-16(4-9-19)13-18-7-12-21(24)22(29-18)23(25,26)27/h5-7,10,12,14,16,19-20H,3-4,8-9,11,13H2,1-2H3,(H,28,30). The first-order valence-corrected chi connectivity index (χ1v) is 11.0. The molecule has 1 N–H and O–H groups in total. The van der Waals surface area contributed by atoms with E-state index in [9.17, 15) is 18.0 Å². The maximum absolute atomic E-state index is 13.0. The molecule has 1 amide bonds. The first-order chi connectivity index (χ1) is 14.6. The van der Waals surface area contributed by atoms with Crippen molar-refractivity contribution in [1.82, 2.24) is 10.3 Å². The Labute approximate surface area is 185 Å². The van der Waals surface area contributed by atoms with Crippen LogP contribution >= 0.6 is 11.6 Å². The monoisotopic (exact) mass is 456 g/mol. The number of halogens is 4. The fraction of sp³-hybridized carbons (Fsp3) is 0.565. The van der Waals surface area contributed by atoms with Crippen molar-refractivity contribution in [3.8, 4) is 0 Å². The highest BCUT2D eigenvalue weighted by Crippen LogP contribution is 2.35. The quantitative estimate of drug-likeness (QED) is 0.601. The summed E-state index contributed by atoms with van der Waals surface area (Å²) >= 11 is 5.66. The summed E-state index contributed by atoms with van der Waals surface area (Å²) in [4.78, 5) is 15.0. The number of aromatic nitrogens is 1. The molecule has 31 heavy (non-hydrogen) atoms. The molecule has 1 aromatic heterocycles. The molecule has 8 heteroatoms. The van der Waals surface area contributed by atoms with Gasteiger partial charge in [-0.05, 0) is 69.1 Å². The molecule has 0 saturated heterocycles. The normalized spacial score (nSPS) is 25.1. The maximum Gasteiger partial charge on any atom is 0.434 e. The molecule has 1 saturated carbocycles. The Morgan fingerprint density at radius 1 is 1.29 bits per heavy atom. The molecule has 0 aromatic carbocycles. The lowest BCUT2D eigenvalue weighted by atomic mass is 9.84. The third kappa shape index (κ3) is 6.81. The third-order valence-electron chi connectivity index (χ3n) is 5.84. The summed E-state index contributed by atoms with van der Waals surface area (Å²) < 4.78 is 45.3. The van der Waals surface area contributed by atoms with E-state index in [0.717, 1.165) is 37.7 Å². The largest absolute Gasteiger partial charge is 0.434 e. The number of hydrogen-bond acceptors (Lipinski definition) is 3. The van der Waals surface area contributed by atoms with Gasteiger partial charge in [-0.25, -0.2) is 4.98 Å². The molecule has 2 aliphatic rings. The van der Waals surface area contributed by atoms with Gasteiger partial charge >= 0.3 is 6.18 Å². The van der Waals surface area contributed by atoms with Crippen LogP contribution in [0.15, 0.2) is 35.9 Å². The predicted molar refractivity (Wildman–Crippen MR) is 114 cm³/mol. The number of alkyl halides is 3. The summed E-state index contributed by atoms with van der Waals surface area (Å²) in [6.45, 7) is 3.46. The van der Waals surface area contributed by atoms with Crippen molar-refractivity contribution in [2.24, 2.45) is 5.92 Å². The SMILES string of the molecule is CC(=O)NC(C)C1=CCC(OC2CCC(Cc3ccc(Cl)c(C(F)(F)F)n3)CC2)C=C1. The number of pyridine rings is 1. The van der Waals surface area contributed by atoms with Crippen LogP contribution in [0, 0.1) is 5.92 Å². The van der Waals surface area contributed by atoms with E-state index < -0.39 is 11.9 Å². The van der Waals surface area contributed by atoms with Crippen molar-refractivity contribution in [2.45, 2.75) is 76.8 Å². The molecule has 1 aromatic rings. The van der Waals surface area contributed by atoms with E-state index in [1.165, 1.54) is 13.0 Å². The summed E-state index contributed by atoms with van der Waals surface area (Å²) in [5.74, 6) is 0.238. The molecule has 2 atom stereocenters. The Kier molecular flexibility index (Phi) is 7.81. The van der Waals surface area contributed by atoms with Crippen molar-refractivity contribution >= 4 is 17.5 Å². The molecule has 0 radical (unpaired) electrons. The zero-order chi connectivity index (χ0) is 22.6. The van der Waals surface area contributed by atoms with E-state index in [2.05, 4.69) is 16.4 Å². The Morgan fingerprint density at radius 2 is 2.00 bits per heavy atom. The molecular formula is C23H28ClF3N2O2. The first-order valence-electron chi connectivity index (χ1n) is 10.6. The van der Waals surface area contributed by atoms with Crippen LogP contribution in [0.1, 0.15) is 57.3 Å². The van der Waals surface area contributed by atoms with E-state index in [1.54, 1.807) is 6.07 Å². The average Bonchev–Trinajstić information content (AvgIpc) is 2.70. The van der Waals surface area contributed by atoms with Crippen LogP contribution in [0.2, 0.25) is 5.02 Å². The van der Waals surface area contributed by atoms with Crippen molar-refractivity contribution in [3.05, 3.63) is 52.3 Å². The second kappa shape index (κ2) is 10.2. The van der Waals surface area contributed by atoms with Gasteiger partial charge in [-0.3, -0.25) is 4.79 Å². The summed E-state index contributed by atoms with van der Waals surface area (Å²) in [7, 11) is 0.